The molecule has 2 N–H and O–H groups in total. The molecule has 0 atom stereocenters. The van der Waals surface area contributed by atoms with E-state index < -0.39 is 0 Å². The topological polar surface area (TPSA) is 42.5 Å². The van der Waals surface area contributed by atoms with Crippen molar-refractivity contribution in [3.05, 3.63) is 18.2 Å². The molecular weight excluding hydrogens is 216 g/mol. The minimum Gasteiger partial charge on any atom is -0.497 e. The van der Waals surface area contributed by atoms with E-state index in [0.717, 1.165) is 23.7 Å². The fourth-order valence-corrected chi connectivity index (χ4v) is 1.76. The standard InChI is InChI=1S/C13H22N2O2/c1-13(2,9-14-3)15-11-8-10(16-4)6-7-12(11)17-5/h6-8,14-15H,9H2,1-5H3. The van der Waals surface area contributed by atoms with Gasteiger partial charge in [0.1, 0.15) is 11.5 Å². The molecule has 17 heavy (non-hydrogen) atoms. The van der Waals surface area contributed by atoms with Gasteiger partial charge in [0, 0.05) is 18.2 Å². The number of ether oxygens (including phenoxy) is 2. The maximum atomic E-state index is 5.33. The lowest BCUT2D eigenvalue weighted by molar-refractivity contribution is 0.402. The largest absolute Gasteiger partial charge is 0.497 e. The molecular formula is C13H22N2O2. The molecule has 0 saturated carbocycles. The summed E-state index contributed by atoms with van der Waals surface area (Å²) in [6.07, 6.45) is 0. The van der Waals surface area contributed by atoms with E-state index >= 15 is 0 Å². The van der Waals surface area contributed by atoms with Gasteiger partial charge in [-0.2, -0.15) is 0 Å². The minimum atomic E-state index is -0.0611. The molecule has 1 rings (SSSR count). The summed E-state index contributed by atoms with van der Waals surface area (Å²) in [7, 11) is 5.26. The Labute approximate surface area is 103 Å². The quantitative estimate of drug-likeness (QED) is 0.796. The fraction of sp³-hybridized carbons (Fsp3) is 0.538. The van der Waals surface area contributed by atoms with Crippen molar-refractivity contribution in [3.63, 3.8) is 0 Å². The summed E-state index contributed by atoms with van der Waals surface area (Å²) in [6.45, 7) is 5.11. The van der Waals surface area contributed by atoms with Gasteiger partial charge in [0.25, 0.3) is 0 Å². The van der Waals surface area contributed by atoms with Crippen molar-refractivity contribution in [2.45, 2.75) is 19.4 Å². The van der Waals surface area contributed by atoms with E-state index in [2.05, 4.69) is 24.5 Å². The predicted molar refractivity (Wildman–Crippen MR) is 71.2 cm³/mol. The Morgan fingerprint density at radius 2 is 1.88 bits per heavy atom. The smallest absolute Gasteiger partial charge is 0.142 e. The van der Waals surface area contributed by atoms with Crippen LogP contribution in [0.4, 0.5) is 5.69 Å². The van der Waals surface area contributed by atoms with Crippen LogP contribution in [-0.4, -0.2) is 33.4 Å². The average molecular weight is 238 g/mol. The van der Waals surface area contributed by atoms with E-state index in [1.807, 2.05) is 25.2 Å². The van der Waals surface area contributed by atoms with Gasteiger partial charge in [-0.15, -0.1) is 0 Å². The fourth-order valence-electron chi connectivity index (χ4n) is 1.76. The Hall–Kier alpha value is -1.42. The Morgan fingerprint density at radius 1 is 1.18 bits per heavy atom. The summed E-state index contributed by atoms with van der Waals surface area (Å²) in [5.41, 5.74) is 0.876. The van der Waals surface area contributed by atoms with Gasteiger partial charge in [0.15, 0.2) is 0 Å². The Bertz CT molecular complexity index is 364. The zero-order valence-corrected chi connectivity index (χ0v) is 11.3. The normalized spacial score (nSPS) is 11.1. The molecule has 0 amide bonds. The maximum absolute atomic E-state index is 5.33. The molecule has 0 aliphatic heterocycles. The van der Waals surface area contributed by atoms with Crippen molar-refractivity contribution in [1.29, 1.82) is 0 Å². The van der Waals surface area contributed by atoms with Crippen LogP contribution in [-0.2, 0) is 0 Å². The van der Waals surface area contributed by atoms with E-state index in [9.17, 15) is 0 Å². The van der Waals surface area contributed by atoms with Gasteiger partial charge in [-0.25, -0.2) is 0 Å². The van der Waals surface area contributed by atoms with Gasteiger partial charge in [0.05, 0.1) is 19.9 Å². The molecule has 0 aliphatic rings. The molecule has 0 radical (unpaired) electrons. The highest BCUT2D eigenvalue weighted by atomic mass is 16.5. The summed E-state index contributed by atoms with van der Waals surface area (Å²) in [5.74, 6) is 1.63. The lowest BCUT2D eigenvalue weighted by Crippen LogP contribution is -2.40. The molecule has 0 spiro atoms. The zero-order valence-electron chi connectivity index (χ0n) is 11.3. The minimum absolute atomic E-state index is 0.0611. The van der Waals surface area contributed by atoms with E-state index in [0.29, 0.717) is 0 Å². The van der Waals surface area contributed by atoms with Crippen LogP contribution in [0.1, 0.15) is 13.8 Å². The average Bonchev–Trinajstić information content (AvgIpc) is 2.28. The predicted octanol–water partition coefficient (Wildman–Crippen LogP) is 2.11. The monoisotopic (exact) mass is 238 g/mol. The van der Waals surface area contributed by atoms with Gasteiger partial charge in [0.2, 0.25) is 0 Å². The first-order valence-electron chi connectivity index (χ1n) is 5.67. The summed E-state index contributed by atoms with van der Waals surface area (Å²) in [5, 5.41) is 6.61. The van der Waals surface area contributed by atoms with E-state index in [1.54, 1.807) is 14.2 Å². The molecule has 0 aromatic heterocycles. The van der Waals surface area contributed by atoms with Crippen LogP contribution in [0.2, 0.25) is 0 Å². The van der Waals surface area contributed by atoms with Crippen molar-refractivity contribution >= 4 is 5.69 Å². The molecule has 1 aromatic carbocycles. The Morgan fingerprint density at radius 3 is 2.41 bits per heavy atom. The molecule has 0 bridgehead atoms. The second kappa shape index (κ2) is 5.77. The van der Waals surface area contributed by atoms with Gasteiger partial charge in [-0.3, -0.25) is 0 Å². The highest BCUT2D eigenvalue weighted by Crippen LogP contribution is 2.30. The molecule has 0 heterocycles. The molecule has 0 fully saturated rings. The van der Waals surface area contributed by atoms with Gasteiger partial charge < -0.3 is 20.1 Å². The number of likely N-dealkylation sites (N-methyl/N-ethyl adjacent to an activating group) is 1. The van der Waals surface area contributed by atoms with Crippen molar-refractivity contribution in [2.24, 2.45) is 0 Å². The van der Waals surface area contributed by atoms with Crippen LogP contribution in [0.5, 0.6) is 11.5 Å². The van der Waals surface area contributed by atoms with Crippen LogP contribution in [0, 0.1) is 0 Å². The number of anilines is 1. The number of methoxy groups -OCH3 is 2. The SMILES string of the molecule is CNCC(C)(C)Nc1cc(OC)ccc1OC. The number of benzene rings is 1. The van der Waals surface area contributed by atoms with Crippen molar-refractivity contribution in [1.82, 2.24) is 5.32 Å². The molecule has 0 saturated heterocycles. The highest BCUT2D eigenvalue weighted by Gasteiger charge is 2.18. The van der Waals surface area contributed by atoms with Crippen molar-refractivity contribution in [2.75, 3.05) is 33.1 Å². The first kappa shape index (κ1) is 13.6. The Balaban J connectivity index is 2.94. The van der Waals surface area contributed by atoms with Crippen molar-refractivity contribution in [3.8, 4) is 11.5 Å². The molecule has 4 heteroatoms. The van der Waals surface area contributed by atoms with Gasteiger partial charge >= 0.3 is 0 Å². The van der Waals surface area contributed by atoms with Gasteiger partial charge in [-0.1, -0.05) is 0 Å². The molecule has 0 unspecified atom stereocenters. The van der Waals surface area contributed by atoms with Crippen LogP contribution in [0.25, 0.3) is 0 Å². The Kier molecular flexibility index (Phi) is 4.63. The van der Waals surface area contributed by atoms with E-state index in [1.165, 1.54) is 0 Å². The van der Waals surface area contributed by atoms with Crippen LogP contribution < -0.4 is 20.1 Å². The highest BCUT2D eigenvalue weighted by molar-refractivity contribution is 5.61. The van der Waals surface area contributed by atoms with Crippen molar-refractivity contribution < 1.29 is 9.47 Å². The number of nitrogens with one attached hydrogen (secondary N) is 2. The maximum Gasteiger partial charge on any atom is 0.142 e. The molecule has 96 valence electrons. The van der Waals surface area contributed by atoms with Crippen LogP contribution in [0.15, 0.2) is 18.2 Å². The zero-order chi connectivity index (χ0) is 12.9. The third kappa shape index (κ3) is 3.82. The molecule has 4 nitrogen and oxygen atoms in total. The number of rotatable bonds is 6. The lowest BCUT2D eigenvalue weighted by Gasteiger charge is -2.28. The molecule has 0 aliphatic carbocycles. The first-order chi connectivity index (χ1) is 8.02. The summed E-state index contributed by atoms with van der Waals surface area (Å²) < 4.78 is 10.5. The third-order valence-electron chi connectivity index (χ3n) is 2.50. The van der Waals surface area contributed by atoms with Crippen LogP contribution >= 0.6 is 0 Å². The molecule has 1 aromatic rings. The second-order valence-corrected chi connectivity index (χ2v) is 4.61. The summed E-state index contributed by atoms with van der Waals surface area (Å²) in [4.78, 5) is 0. The third-order valence-corrected chi connectivity index (χ3v) is 2.50. The summed E-state index contributed by atoms with van der Waals surface area (Å²) >= 11 is 0. The van der Waals surface area contributed by atoms with E-state index in [4.69, 9.17) is 9.47 Å². The summed E-state index contributed by atoms with van der Waals surface area (Å²) in [6, 6.07) is 5.72. The van der Waals surface area contributed by atoms with Gasteiger partial charge in [-0.05, 0) is 33.0 Å². The second-order valence-electron chi connectivity index (χ2n) is 4.61. The first-order valence-corrected chi connectivity index (χ1v) is 5.67. The van der Waals surface area contributed by atoms with E-state index in [-0.39, 0.29) is 5.54 Å². The van der Waals surface area contributed by atoms with Crippen LogP contribution in [0.3, 0.4) is 0 Å². The lowest BCUT2D eigenvalue weighted by atomic mass is 10.1. The number of hydrogen-bond acceptors (Lipinski definition) is 4. The number of hydrogen-bond donors (Lipinski definition) is 2.